The summed E-state index contributed by atoms with van der Waals surface area (Å²) in [7, 11) is 0. The maximum absolute atomic E-state index is 6.26. The summed E-state index contributed by atoms with van der Waals surface area (Å²) >= 11 is 5.48. The van der Waals surface area contributed by atoms with Crippen molar-refractivity contribution in [2.24, 2.45) is 0 Å². The molecule has 0 aliphatic carbocycles. The van der Waals surface area contributed by atoms with Crippen LogP contribution in [-0.2, 0) is 0 Å². The van der Waals surface area contributed by atoms with Gasteiger partial charge in [-0.15, -0.1) is 34.0 Å². The maximum atomic E-state index is 6.26. The fourth-order valence-electron chi connectivity index (χ4n) is 17.1. The predicted molar refractivity (Wildman–Crippen MR) is 506 cm³/mol. The number of hydrogen-bond donors (Lipinski definition) is 0. The molecule has 0 unspecified atom stereocenters. The molecule has 0 aliphatic rings. The fraction of sp³-hybridized carbons (Fsp3) is 0. The third kappa shape index (κ3) is 12.7. The second-order valence-electron chi connectivity index (χ2n) is 30.3. The highest BCUT2D eigenvalue weighted by Gasteiger charge is 2.23. The van der Waals surface area contributed by atoms with Crippen molar-refractivity contribution in [2.75, 3.05) is 0 Å². The van der Waals surface area contributed by atoms with E-state index in [2.05, 4.69) is 346 Å². The molecule has 0 aliphatic heterocycles. The molecule has 10 heteroatoms. The molecule has 560 valence electrons. The number of hydrogen-bond acceptors (Lipinski definition) is 10. The summed E-state index contributed by atoms with van der Waals surface area (Å²) in [5.41, 5.74) is 26.9. The van der Waals surface area contributed by atoms with E-state index >= 15 is 0 Å². The van der Waals surface area contributed by atoms with Crippen LogP contribution in [0.1, 0.15) is 0 Å². The van der Waals surface area contributed by atoms with E-state index in [4.69, 9.17) is 34.3 Å². The van der Waals surface area contributed by atoms with E-state index in [0.717, 1.165) is 139 Å². The second kappa shape index (κ2) is 29.6. The van der Waals surface area contributed by atoms with Crippen LogP contribution in [0.25, 0.3) is 239 Å². The highest BCUT2D eigenvalue weighted by molar-refractivity contribution is 7.27. The van der Waals surface area contributed by atoms with Gasteiger partial charge in [0.2, 0.25) is 0 Å². The Bertz CT molecular complexity index is 8070. The summed E-state index contributed by atoms with van der Waals surface area (Å²) in [4.78, 5) is 31.2. The van der Waals surface area contributed by atoms with Crippen LogP contribution in [0.15, 0.2) is 405 Å². The first-order valence-electron chi connectivity index (χ1n) is 40.2. The number of para-hydroxylation sites is 1. The molecule has 8 heterocycles. The minimum Gasteiger partial charge on any atom is -0.456 e. The van der Waals surface area contributed by atoms with Crippen LogP contribution in [0.2, 0.25) is 0 Å². The molecular formula is C110H66N6OS3. The monoisotopic (exact) mass is 1580 g/mol. The molecular weight excluding hydrogens is 1520 g/mol. The van der Waals surface area contributed by atoms with Gasteiger partial charge < -0.3 is 4.42 Å². The number of rotatable bonds is 12. The molecule has 0 spiro atoms. The van der Waals surface area contributed by atoms with Crippen LogP contribution >= 0.6 is 34.0 Å². The second-order valence-corrected chi connectivity index (χ2v) is 33.4. The van der Waals surface area contributed by atoms with Gasteiger partial charge in [-0.1, -0.05) is 322 Å². The van der Waals surface area contributed by atoms with Crippen LogP contribution < -0.4 is 0 Å². The Kier molecular flexibility index (Phi) is 17.4. The van der Waals surface area contributed by atoms with E-state index in [-0.39, 0.29) is 0 Å². The normalized spacial score (nSPS) is 11.7. The number of benzene rings is 16. The van der Waals surface area contributed by atoms with E-state index in [9.17, 15) is 0 Å². The summed E-state index contributed by atoms with van der Waals surface area (Å²) in [5, 5.41) is 12.2. The summed E-state index contributed by atoms with van der Waals surface area (Å²) in [6, 6.07) is 141. The fourth-order valence-corrected chi connectivity index (χ4v) is 20.8. The number of fused-ring (bicyclic) bond motifs is 16. The van der Waals surface area contributed by atoms with E-state index in [1.807, 2.05) is 88.6 Å². The Labute approximate surface area is 702 Å². The first-order chi connectivity index (χ1) is 59.4. The Morgan fingerprint density at radius 3 is 1.06 bits per heavy atom. The van der Waals surface area contributed by atoms with Crippen LogP contribution in [0.5, 0.6) is 0 Å². The summed E-state index contributed by atoms with van der Waals surface area (Å²) in [6.07, 6.45) is 0. The molecule has 0 amide bonds. The minimum atomic E-state index is 0.682. The van der Waals surface area contributed by atoms with Gasteiger partial charge in [0, 0.05) is 117 Å². The summed E-state index contributed by atoms with van der Waals surface area (Å²) in [6.45, 7) is 0. The molecule has 0 saturated carbocycles. The molecule has 0 N–H and O–H groups in total. The van der Waals surface area contributed by atoms with Crippen molar-refractivity contribution in [3.8, 4) is 135 Å². The third-order valence-corrected chi connectivity index (χ3v) is 26.6. The molecule has 7 nitrogen and oxygen atoms in total. The van der Waals surface area contributed by atoms with Crippen molar-refractivity contribution >= 4 is 138 Å². The van der Waals surface area contributed by atoms with E-state index in [0.29, 0.717) is 11.6 Å². The van der Waals surface area contributed by atoms with Gasteiger partial charge in [0.05, 0.1) is 54.6 Å². The zero-order chi connectivity index (χ0) is 79.1. The smallest absolute Gasteiger partial charge is 0.160 e. The quantitative estimate of drug-likeness (QED) is 0.120. The lowest BCUT2D eigenvalue weighted by molar-refractivity contribution is 0.669. The van der Waals surface area contributed by atoms with Gasteiger partial charge in [0.25, 0.3) is 0 Å². The van der Waals surface area contributed by atoms with Gasteiger partial charge in [-0.3, -0.25) is 0 Å². The van der Waals surface area contributed by atoms with Gasteiger partial charge in [-0.2, -0.15) is 0 Å². The van der Waals surface area contributed by atoms with Crippen molar-refractivity contribution in [2.45, 2.75) is 0 Å². The SMILES string of the molecule is c1ccc(-c2cc(-c3ccccc3)nc(-c3ccc(-c4ccc(-c5nc6ccc(-c7ccc8c(c7)oc7ccccc78)cc6c6c5sc5ccccc56)cc4)cc3)n2)cc1.c1ccc(-c2ccc3nc(-c4ccc(-c5nc(-c6ccccc6)cc(-c6cccc(-c7cccc8c7sc7ccccc78)c6)n5)cc4)c4sc5ccccc5c4c3c2)cc1. The third-order valence-electron chi connectivity index (χ3n) is 23.0. The van der Waals surface area contributed by atoms with Crippen LogP contribution in [0.4, 0.5) is 0 Å². The molecule has 0 radical (unpaired) electrons. The van der Waals surface area contributed by atoms with E-state index < -0.39 is 0 Å². The number of aromatic nitrogens is 6. The highest BCUT2D eigenvalue weighted by atomic mass is 32.1. The molecule has 0 atom stereocenters. The van der Waals surface area contributed by atoms with Crippen LogP contribution in [0, 0.1) is 0 Å². The Hall–Kier alpha value is -15.0. The first-order valence-corrected chi connectivity index (χ1v) is 42.6. The molecule has 24 aromatic rings. The van der Waals surface area contributed by atoms with Crippen molar-refractivity contribution in [1.29, 1.82) is 0 Å². The molecule has 16 aromatic carbocycles. The molecule has 0 fully saturated rings. The largest absolute Gasteiger partial charge is 0.456 e. The van der Waals surface area contributed by atoms with Crippen molar-refractivity contribution < 1.29 is 4.42 Å². The summed E-state index contributed by atoms with van der Waals surface area (Å²) < 4.78 is 13.8. The predicted octanol–water partition coefficient (Wildman–Crippen LogP) is 31.1. The Morgan fingerprint density at radius 2 is 0.533 bits per heavy atom. The highest BCUT2D eigenvalue weighted by Crippen LogP contribution is 2.48. The maximum Gasteiger partial charge on any atom is 0.160 e. The Balaban J connectivity index is 0.000000140. The molecule has 8 aromatic heterocycles. The molecule has 24 rings (SSSR count). The van der Waals surface area contributed by atoms with Gasteiger partial charge >= 0.3 is 0 Å². The lowest BCUT2D eigenvalue weighted by Crippen LogP contribution is -1.96. The number of nitrogens with zero attached hydrogens (tertiary/aromatic N) is 6. The number of pyridine rings is 2. The van der Waals surface area contributed by atoms with Crippen LogP contribution in [-0.4, -0.2) is 29.9 Å². The zero-order valence-electron chi connectivity index (χ0n) is 64.4. The standard InChI is InChI=1S/C55H33N3OS.C55H33N3S2/c1-3-11-36(12-4-1)47-33-48(37-13-5-2-6-14-37)58-55(57-47)39-25-21-35(22-26-39)34-19-23-38(24-20-34)53-54-52(44-16-8-10-18-51(44)60-54)45-31-40(28-30-46(45)56-53)41-27-29-43-42-15-7-9-17-49(42)59-50(43)32-41;1-3-13-34(14-4-1)38-29-30-46-45(32-38)51-44-20-8-10-24-50(44)60-54(51)52(56-46)36-25-27-37(28-26-36)55-57-47(35-15-5-2-6-16-35)33-48(58-55)40-18-11-17-39(31-40)41-21-12-22-43-42-19-7-9-23-49(42)59-53(41)43/h2*1-33H. The molecule has 120 heavy (non-hydrogen) atoms. The van der Waals surface area contributed by atoms with Crippen LogP contribution in [0.3, 0.4) is 0 Å². The van der Waals surface area contributed by atoms with Crippen molar-refractivity contribution in [3.63, 3.8) is 0 Å². The molecule has 0 bridgehead atoms. The van der Waals surface area contributed by atoms with E-state index in [1.165, 1.54) is 88.2 Å². The van der Waals surface area contributed by atoms with E-state index in [1.54, 1.807) is 0 Å². The zero-order valence-corrected chi connectivity index (χ0v) is 66.9. The molecule has 0 saturated heterocycles. The minimum absolute atomic E-state index is 0.682. The van der Waals surface area contributed by atoms with Crippen molar-refractivity contribution in [3.05, 3.63) is 400 Å². The Morgan fingerprint density at radius 1 is 0.183 bits per heavy atom. The van der Waals surface area contributed by atoms with Gasteiger partial charge in [0.1, 0.15) is 11.2 Å². The van der Waals surface area contributed by atoms with Crippen molar-refractivity contribution in [1.82, 2.24) is 29.9 Å². The average Bonchev–Trinajstić information content (AvgIpc) is 1.56. The summed E-state index contributed by atoms with van der Waals surface area (Å²) in [5.74, 6) is 1.38. The lowest BCUT2D eigenvalue weighted by atomic mass is 9.97. The van der Waals surface area contributed by atoms with Gasteiger partial charge in [-0.05, 0) is 123 Å². The van der Waals surface area contributed by atoms with Gasteiger partial charge in [-0.25, -0.2) is 29.9 Å². The number of thiophene rings is 3. The lowest BCUT2D eigenvalue weighted by Gasteiger charge is -2.12. The van der Waals surface area contributed by atoms with Gasteiger partial charge in [0.15, 0.2) is 11.6 Å². The topological polar surface area (TPSA) is 90.5 Å². The number of furan rings is 1. The first kappa shape index (κ1) is 70.4. The average molecular weight is 1580 g/mol.